The Kier molecular flexibility index (Phi) is 10.1. The zero-order valence-electron chi connectivity index (χ0n) is 17.0. The molecule has 29 heavy (non-hydrogen) atoms. The zero-order valence-corrected chi connectivity index (χ0v) is 17.0. The number of nitrogens with zero attached hydrogens (tertiary/aromatic N) is 2. The van der Waals surface area contributed by atoms with Crippen molar-refractivity contribution in [3.63, 3.8) is 0 Å². The van der Waals surface area contributed by atoms with Gasteiger partial charge in [-0.15, -0.1) is 0 Å². The first-order chi connectivity index (χ1) is 14.2. The van der Waals surface area contributed by atoms with Crippen molar-refractivity contribution >= 4 is 11.6 Å². The van der Waals surface area contributed by atoms with Gasteiger partial charge in [0.05, 0.1) is 0 Å². The van der Waals surface area contributed by atoms with Crippen molar-refractivity contribution < 1.29 is 9.53 Å². The normalized spacial score (nSPS) is 11.0. The first-order valence-corrected chi connectivity index (χ1v) is 10.1. The van der Waals surface area contributed by atoms with Crippen LogP contribution in [0.25, 0.3) is 0 Å². The highest BCUT2D eigenvalue weighted by molar-refractivity contribution is 5.97. The van der Waals surface area contributed by atoms with E-state index in [1.165, 1.54) is 0 Å². The van der Waals surface area contributed by atoms with Gasteiger partial charge in [0.15, 0.2) is 0 Å². The van der Waals surface area contributed by atoms with E-state index in [4.69, 9.17) is 4.74 Å². The summed E-state index contributed by atoms with van der Waals surface area (Å²) in [5.41, 5.74) is 2.09. The molecule has 5 heteroatoms. The van der Waals surface area contributed by atoms with Gasteiger partial charge in [-0.2, -0.15) is 5.26 Å². The van der Waals surface area contributed by atoms with Crippen molar-refractivity contribution in [2.24, 2.45) is 0 Å². The minimum Gasteiger partial charge on any atom is -0.381 e. The van der Waals surface area contributed by atoms with Gasteiger partial charge in [0, 0.05) is 38.2 Å². The number of para-hydroxylation sites is 1. The Labute approximate surface area is 173 Å². The molecule has 0 fully saturated rings. The molecule has 0 saturated carbocycles. The summed E-state index contributed by atoms with van der Waals surface area (Å²) in [6, 6.07) is 21.7. The second kappa shape index (κ2) is 13.1. The third-order valence-corrected chi connectivity index (χ3v) is 4.33. The van der Waals surface area contributed by atoms with Crippen LogP contribution in [0.3, 0.4) is 0 Å². The van der Waals surface area contributed by atoms with E-state index >= 15 is 0 Å². The summed E-state index contributed by atoms with van der Waals surface area (Å²) in [6.07, 6.45) is 4.49. The summed E-state index contributed by atoms with van der Waals surface area (Å²) >= 11 is 0. The second-order valence-corrected chi connectivity index (χ2v) is 6.68. The molecule has 0 aliphatic heterocycles. The molecule has 0 aliphatic carbocycles. The van der Waals surface area contributed by atoms with Crippen LogP contribution in [0.4, 0.5) is 5.69 Å². The summed E-state index contributed by atoms with van der Waals surface area (Å²) in [7, 11) is 0. The smallest absolute Gasteiger partial charge is 0.263 e. The lowest BCUT2D eigenvalue weighted by atomic mass is 10.2. The Hall–Kier alpha value is -3.10. The number of hydrogen-bond acceptors (Lipinski definition) is 4. The fourth-order valence-corrected chi connectivity index (χ4v) is 2.72. The monoisotopic (exact) mass is 391 g/mol. The Balaban J connectivity index is 2.01. The van der Waals surface area contributed by atoms with Crippen LogP contribution >= 0.6 is 0 Å². The Morgan fingerprint density at radius 2 is 1.72 bits per heavy atom. The van der Waals surface area contributed by atoms with Crippen LogP contribution in [0, 0.1) is 11.3 Å². The summed E-state index contributed by atoms with van der Waals surface area (Å²) in [4.78, 5) is 14.4. The first kappa shape index (κ1) is 22.2. The lowest BCUT2D eigenvalue weighted by Crippen LogP contribution is -2.28. The van der Waals surface area contributed by atoms with Gasteiger partial charge in [0.1, 0.15) is 11.6 Å². The number of ether oxygens (including phenoxy) is 1. The Bertz CT molecular complexity index is 798. The van der Waals surface area contributed by atoms with Crippen molar-refractivity contribution in [2.75, 3.05) is 24.7 Å². The predicted octanol–water partition coefficient (Wildman–Crippen LogP) is 4.42. The lowest BCUT2D eigenvalue weighted by Gasteiger charge is -2.21. The van der Waals surface area contributed by atoms with E-state index in [9.17, 15) is 10.1 Å². The molecule has 1 N–H and O–H groups in total. The standard InChI is InChI=1S/C24H29N3O2/c1-2-3-16-29-17-10-15-26-24(28)22(18-25)20-27(23-13-8-5-9-14-23)19-21-11-6-4-7-12-21/h4-9,11-14,20H,2-3,10,15-17,19H2,1H3,(H,26,28)/b22-20-. The van der Waals surface area contributed by atoms with Crippen molar-refractivity contribution in [3.8, 4) is 6.07 Å². The van der Waals surface area contributed by atoms with E-state index in [1.54, 1.807) is 6.20 Å². The number of unbranched alkanes of at least 4 members (excludes halogenated alkanes) is 1. The quantitative estimate of drug-likeness (QED) is 0.330. The van der Waals surface area contributed by atoms with E-state index in [2.05, 4.69) is 12.2 Å². The minimum absolute atomic E-state index is 0.0803. The largest absolute Gasteiger partial charge is 0.381 e. The maximum atomic E-state index is 12.5. The highest BCUT2D eigenvalue weighted by atomic mass is 16.5. The molecule has 0 aliphatic rings. The number of benzene rings is 2. The van der Waals surface area contributed by atoms with E-state index in [1.807, 2.05) is 71.6 Å². The van der Waals surface area contributed by atoms with Gasteiger partial charge in [-0.25, -0.2) is 0 Å². The van der Waals surface area contributed by atoms with Crippen LogP contribution in [0.1, 0.15) is 31.7 Å². The lowest BCUT2D eigenvalue weighted by molar-refractivity contribution is -0.117. The molecular weight excluding hydrogens is 362 g/mol. The average molecular weight is 392 g/mol. The topological polar surface area (TPSA) is 65.4 Å². The molecule has 0 heterocycles. The number of carbonyl (C=O) groups excluding carboxylic acids is 1. The second-order valence-electron chi connectivity index (χ2n) is 6.68. The van der Waals surface area contributed by atoms with Crippen LogP contribution in [-0.2, 0) is 16.1 Å². The van der Waals surface area contributed by atoms with Crippen LogP contribution in [0.2, 0.25) is 0 Å². The van der Waals surface area contributed by atoms with Gasteiger partial charge in [0.2, 0.25) is 0 Å². The van der Waals surface area contributed by atoms with Crippen LogP contribution < -0.4 is 10.2 Å². The summed E-state index contributed by atoms with van der Waals surface area (Å²) in [6.45, 7) is 4.52. The number of anilines is 1. The molecule has 0 spiro atoms. The van der Waals surface area contributed by atoms with Crippen LogP contribution in [0.5, 0.6) is 0 Å². The minimum atomic E-state index is -0.366. The van der Waals surface area contributed by atoms with Gasteiger partial charge in [-0.3, -0.25) is 4.79 Å². The highest BCUT2D eigenvalue weighted by Gasteiger charge is 2.12. The average Bonchev–Trinajstić information content (AvgIpc) is 2.77. The molecule has 0 atom stereocenters. The molecule has 2 aromatic rings. The maximum Gasteiger partial charge on any atom is 0.263 e. The van der Waals surface area contributed by atoms with Crippen LogP contribution in [-0.4, -0.2) is 25.7 Å². The molecule has 2 rings (SSSR count). The predicted molar refractivity (Wildman–Crippen MR) is 116 cm³/mol. The third kappa shape index (κ3) is 8.20. The molecule has 2 aromatic carbocycles. The van der Waals surface area contributed by atoms with Crippen molar-refractivity contribution in [2.45, 2.75) is 32.7 Å². The maximum absolute atomic E-state index is 12.5. The first-order valence-electron chi connectivity index (χ1n) is 10.1. The SMILES string of the molecule is CCCCOCCCNC(=O)/C(C#N)=C\N(Cc1ccccc1)c1ccccc1. The third-order valence-electron chi connectivity index (χ3n) is 4.33. The number of nitrogens with one attached hydrogen (secondary N) is 1. The number of hydrogen-bond donors (Lipinski definition) is 1. The highest BCUT2D eigenvalue weighted by Crippen LogP contribution is 2.18. The van der Waals surface area contributed by atoms with Gasteiger partial charge in [0.25, 0.3) is 5.91 Å². The van der Waals surface area contributed by atoms with Gasteiger partial charge in [-0.05, 0) is 30.5 Å². The Morgan fingerprint density at radius 3 is 2.38 bits per heavy atom. The molecule has 5 nitrogen and oxygen atoms in total. The van der Waals surface area contributed by atoms with Gasteiger partial charge in [-0.1, -0.05) is 61.9 Å². The fourth-order valence-electron chi connectivity index (χ4n) is 2.72. The van der Waals surface area contributed by atoms with E-state index in [-0.39, 0.29) is 11.5 Å². The molecule has 1 amide bonds. The van der Waals surface area contributed by atoms with Gasteiger partial charge < -0.3 is 15.0 Å². The van der Waals surface area contributed by atoms with Crippen LogP contribution in [0.15, 0.2) is 72.4 Å². The zero-order chi connectivity index (χ0) is 20.7. The van der Waals surface area contributed by atoms with E-state index in [0.717, 1.165) is 37.1 Å². The molecule has 0 aromatic heterocycles. The molecule has 0 bridgehead atoms. The molecule has 0 radical (unpaired) electrons. The van der Waals surface area contributed by atoms with Crippen molar-refractivity contribution in [1.29, 1.82) is 5.26 Å². The molecular formula is C24H29N3O2. The fraction of sp³-hybridized carbons (Fsp3) is 0.333. The van der Waals surface area contributed by atoms with E-state index in [0.29, 0.717) is 19.7 Å². The van der Waals surface area contributed by atoms with E-state index < -0.39 is 0 Å². The number of rotatable bonds is 12. The number of amides is 1. The Morgan fingerprint density at radius 1 is 1.07 bits per heavy atom. The molecule has 152 valence electrons. The summed E-state index contributed by atoms with van der Waals surface area (Å²) in [5, 5.41) is 12.3. The van der Waals surface area contributed by atoms with Crippen molar-refractivity contribution in [3.05, 3.63) is 78.0 Å². The summed E-state index contributed by atoms with van der Waals surface area (Å²) in [5.74, 6) is -0.366. The van der Waals surface area contributed by atoms with Gasteiger partial charge >= 0.3 is 0 Å². The summed E-state index contributed by atoms with van der Waals surface area (Å²) < 4.78 is 5.49. The number of nitriles is 1. The molecule has 0 unspecified atom stereocenters. The molecule has 0 saturated heterocycles. The van der Waals surface area contributed by atoms with Crippen molar-refractivity contribution in [1.82, 2.24) is 5.32 Å². The number of carbonyl (C=O) groups is 1.